The Balaban J connectivity index is 1.96. The predicted molar refractivity (Wildman–Crippen MR) is 99.6 cm³/mol. The Kier molecular flexibility index (Phi) is 4.85. The third-order valence-corrected chi connectivity index (χ3v) is 4.65. The fourth-order valence-electron chi connectivity index (χ4n) is 3.08. The monoisotopic (exact) mass is 393 g/mol. The van der Waals surface area contributed by atoms with Crippen molar-refractivity contribution in [1.29, 1.82) is 0 Å². The maximum atomic E-state index is 12.5. The molecular formula is C18H24BrN3O2. The maximum Gasteiger partial charge on any atom is 0.435 e. The van der Waals surface area contributed by atoms with Crippen LogP contribution >= 0.6 is 15.9 Å². The summed E-state index contributed by atoms with van der Waals surface area (Å²) < 4.78 is 7.81. The molecule has 1 aliphatic rings. The molecule has 0 amide bonds. The Bertz CT molecular complexity index is 743. The fourth-order valence-corrected chi connectivity index (χ4v) is 3.44. The van der Waals surface area contributed by atoms with Gasteiger partial charge in [-0.25, -0.2) is 4.79 Å². The van der Waals surface area contributed by atoms with Crippen molar-refractivity contribution in [2.24, 2.45) is 0 Å². The maximum absolute atomic E-state index is 12.5. The van der Waals surface area contributed by atoms with E-state index in [0.29, 0.717) is 6.04 Å². The fraction of sp³-hybridized carbons (Fsp3) is 0.556. The van der Waals surface area contributed by atoms with E-state index in [1.807, 2.05) is 39.0 Å². The van der Waals surface area contributed by atoms with Crippen LogP contribution in [-0.4, -0.2) is 27.5 Å². The summed E-state index contributed by atoms with van der Waals surface area (Å²) in [4.78, 5) is 12.5. The van der Waals surface area contributed by atoms with E-state index in [4.69, 9.17) is 4.74 Å². The second kappa shape index (κ2) is 6.75. The molecule has 1 saturated carbocycles. The summed E-state index contributed by atoms with van der Waals surface area (Å²) in [5, 5.41) is 8.98. The van der Waals surface area contributed by atoms with Crippen LogP contribution < -0.4 is 5.32 Å². The van der Waals surface area contributed by atoms with Gasteiger partial charge in [0.05, 0.1) is 5.52 Å². The minimum atomic E-state index is -0.554. The second-order valence-corrected chi connectivity index (χ2v) is 8.30. The number of aromatic nitrogens is 2. The predicted octanol–water partition coefficient (Wildman–Crippen LogP) is 5.33. The quantitative estimate of drug-likeness (QED) is 0.748. The van der Waals surface area contributed by atoms with Crippen molar-refractivity contribution in [2.75, 3.05) is 5.32 Å². The highest BCUT2D eigenvalue weighted by atomic mass is 79.9. The molecule has 3 rings (SSSR count). The van der Waals surface area contributed by atoms with Gasteiger partial charge in [0.15, 0.2) is 5.82 Å². The molecule has 6 heteroatoms. The Hall–Kier alpha value is -1.56. The number of benzene rings is 1. The second-order valence-electron chi connectivity index (χ2n) is 7.38. The Morgan fingerprint density at radius 2 is 2.00 bits per heavy atom. The largest absolute Gasteiger partial charge is 0.442 e. The van der Waals surface area contributed by atoms with Gasteiger partial charge in [0.2, 0.25) is 0 Å². The Morgan fingerprint density at radius 3 is 2.67 bits per heavy atom. The molecule has 130 valence electrons. The van der Waals surface area contributed by atoms with Gasteiger partial charge in [0, 0.05) is 15.9 Å². The molecule has 0 radical (unpaired) electrons. The van der Waals surface area contributed by atoms with Crippen LogP contribution in [0, 0.1) is 0 Å². The Labute approximate surface area is 150 Å². The number of carbonyl (C=O) groups excluding carboxylic acids is 1. The lowest BCUT2D eigenvalue weighted by atomic mass is 9.95. The van der Waals surface area contributed by atoms with Crippen molar-refractivity contribution in [3.8, 4) is 0 Å². The van der Waals surface area contributed by atoms with Crippen molar-refractivity contribution >= 4 is 38.7 Å². The molecule has 0 bridgehead atoms. The van der Waals surface area contributed by atoms with E-state index < -0.39 is 11.7 Å². The molecule has 1 N–H and O–H groups in total. The smallest absolute Gasteiger partial charge is 0.435 e. The van der Waals surface area contributed by atoms with E-state index >= 15 is 0 Å². The summed E-state index contributed by atoms with van der Waals surface area (Å²) in [5.74, 6) is 0.754. The van der Waals surface area contributed by atoms with Crippen molar-refractivity contribution in [3.63, 3.8) is 0 Å². The number of nitrogens with one attached hydrogen (secondary N) is 1. The van der Waals surface area contributed by atoms with E-state index in [1.54, 1.807) is 0 Å². The lowest BCUT2D eigenvalue weighted by molar-refractivity contribution is 0.0523. The molecule has 24 heavy (non-hydrogen) atoms. The standard InChI is InChI=1S/C18H24BrN3O2/c1-18(2,3)24-17(23)22-15-10-9-12(19)11-14(15)16(21-22)20-13-7-5-4-6-8-13/h9-11,13H,4-8H2,1-3H3,(H,20,21). The lowest BCUT2D eigenvalue weighted by Gasteiger charge is -2.22. The number of hydrogen-bond acceptors (Lipinski definition) is 4. The van der Waals surface area contributed by atoms with Crippen LogP contribution in [-0.2, 0) is 4.74 Å². The Morgan fingerprint density at radius 1 is 1.29 bits per heavy atom. The van der Waals surface area contributed by atoms with Gasteiger partial charge in [-0.3, -0.25) is 0 Å². The average Bonchev–Trinajstić information content (AvgIpc) is 2.85. The third-order valence-electron chi connectivity index (χ3n) is 4.15. The molecule has 0 saturated heterocycles. The van der Waals surface area contributed by atoms with Crippen LogP contribution in [0.1, 0.15) is 52.9 Å². The van der Waals surface area contributed by atoms with Gasteiger partial charge in [-0.1, -0.05) is 35.2 Å². The summed E-state index contributed by atoms with van der Waals surface area (Å²) >= 11 is 3.51. The molecular weight excluding hydrogens is 370 g/mol. The van der Waals surface area contributed by atoms with Gasteiger partial charge in [0.1, 0.15) is 5.60 Å². The first kappa shape index (κ1) is 17.3. The molecule has 1 fully saturated rings. The zero-order chi connectivity index (χ0) is 17.3. The van der Waals surface area contributed by atoms with Crippen molar-refractivity contribution in [1.82, 2.24) is 9.78 Å². The number of nitrogens with zero attached hydrogens (tertiary/aromatic N) is 2. The zero-order valence-electron chi connectivity index (χ0n) is 14.4. The van der Waals surface area contributed by atoms with E-state index in [2.05, 4.69) is 26.3 Å². The van der Waals surface area contributed by atoms with Crippen LogP contribution in [0.3, 0.4) is 0 Å². The summed E-state index contributed by atoms with van der Waals surface area (Å²) in [5.41, 5.74) is 0.201. The highest BCUT2D eigenvalue weighted by Gasteiger charge is 2.23. The molecule has 0 atom stereocenters. The molecule has 5 nitrogen and oxygen atoms in total. The molecule has 0 unspecified atom stereocenters. The summed E-state index contributed by atoms with van der Waals surface area (Å²) in [6.45, 7) is 5.57. The average molecular weight is 394 g/mol. The first-order valence-electron chi connectivity index (χ1n) is 8.52. The molecule has 1 heterocycles. The number of hydrogen-bond donors (Lipinski definition) is 1. The van der Waals surface area contributed by atoms with Gasteiger partial charge in [-0.2, -0.15) is 4.68 Å². The highest BCUT2D eigenvalue weighted by molar-refractivity contribution is 9.10. The topological polar surface area (TPSA) is 56.2 Å². The van der Waals surface area contributed by atoms with Gasteiger partial charge in [0.25, 0.3) is 0 Å². The first-order chi connectivity index (χ1) is 11.3. The first-order valence-corrected chi connectivity index (χ1v) is 9.31. The zero-order valence-corrected chi connectivity index (χ0v) is 16.0. The minimum absolute atomic E-state index is 0.419. The van der Waals surface area contributed by atoms with Crippen molar-refractivity contribution in [3.05, 3.63) is 22.7 Å². The molecule has 2 aromatic rings. The van der Waals surface area contributed by atoms with Crippen molar-refractivity contribution < 1.29 is 9.53 Å². The highest BCUT2D eigenvalue weighted by Crippen LogP contribution is 2.29. The molecule has 1 aromatic heterocycles. The molecule has 0 spiro atoms. The lowest BCUT2D eigenvalue weighted by Crippen LogP contribution is -2.28. The summed E-state index contributed by atoms with van der Waals surface area (Å²) in [7, 11) is 0. The van der Waals surface area contributed by atoms with Crippen molar-refractivity contribution in [2.45, 2.75) is 64.5 Å². The molecule has 1 aliphatic carbocycles. The number of rotatable bonds is 2. The number of fused-ring (bicyclic) bond motifs is 1. The summed E-state index contributed by atoms with van der Waals surface area (Å²) in [6.07, 6.45) is 5.63. The number of ether oxygens (including phenoxy) is 1. The summed E-state index contributed by atoms with van der Waals surface area (Å²) in [6, 6.07) is 6.22. The van der Waals surface area contributed by atoms with Crippen LogP contribution in [0.15, 0.2) is 22.7 Å². The van der Waals surface area contributed by atoms with E-state index in [-0.39, 0.29) is 0 Å². The molecule has 1 aromatic carbocycles. The number of carbonyl (C=O) groups is 1. The van der Waals surface area contributed by atoms with Gasteiger partial charge < -0.3 is 10.1 Å². The number of halogens is 1. The van der Waals surface area contributed by atoms with Gasteiger partial charge in [-0.05, 0) is 51.8 Å². The van der Waals surface area contributed by atoms with E-state index in [0.717, 1.165) is 34.0 Å². The third kappa shape index (κ3) is 3.91. The SMILES string of the molecule is CC(C)(C)OC(=O)n1nc(NC2CCCCC2)c2cc(Br)ccc21. The van der Waals surface area contributed by atoms with Gasteiger partial charge >= 0.3 is 6.09 Å². The minimum Gasteiger partial charge on any atom is -0.442 e. The van der Waals surface area contributed by atoms with Crippen LogP contribution in [0.2, 0.25) is 0 Å². The normalized spacial score (nSPS) is 16.3. The van der Waals surface area contributed by atoms with Gasteiger partial charge in [-0.15, -0.1) is 5.10 Å². The van der Waals surface area contributed by atoms with E-state index in [1.165, 1.54) is 23.9 Å². The van der Waals surface area contributed by atoms with Crippen LogP contribution in [0.25, 0.3) is 10.9 Å². The number of anilines is 1. The van der Waals surface area contributed by atoms with Crippen LogP contribution in [0.4, 0.5) is 10.6 Å². The molecule has 0 aliphatic heterocycles. The van der Waals surface area contributed by atoms with E-state index in [9.17, 15) is 4.79 Å². The van der Waals surface area contributed by atoms with Crippen LogP contribution in [0.5, 0.6) is 0 Å².